The molecular formula is C24H32N2O2. The summed E-state index contributed by atoms with van der Waals surface area (Å²) in [6.07, 6.45) is 3.74. The first-order chi connectivity index (χ1) is 13.6. The minimum atomic E-state index is -0.0849. The predicted octanol–water partition coefficient (Wildman–Crippen LogP) is 4.78. The molecule has 1 aliphatic heterocycles. The molecule has 3 rings (SSSR count). The number of piperidine rings is 1. The zero-order valence-electron chi connectivity index (χ0n) is 17.3. The molecule has 4 heteroatoms. The average molecular weight is 381 g/mol. The fourth-order valence-corrected chi connectivity index (χ4v) is 3.91. The third-order valence-corrected chi connectivity index (χ3v) is 5.63. The molecule has 1 fully saturated rings. The molecule has 2 aromatic carbocycles. The van der Waals surface area contributed by atoms with E-state index in [2.05, 4.69) is 48.3 Å². The SMILES string of the molecule is COc1ccccc1C(=O)NCC(c1ccc(C(C)C)cc1)N1CCCCC1. The summed E-state index contributed by atoms with van der Waals surface area (Å²) in [5, 5.41) is 3.15. The van der Waals surface area contributed by atoms with Gasteiger partial charge in [-0.2, -0.15) is 0 Å². The number of methoxy groups -OCH3 is 1. The number of ether oxygens (including phenoxy) is 1. The Balaban J connectivity index is 1.76. The van der Waals surface area contributed by atoms with Crippen LogP contribution < -0.4 is 10.1 Å². The lowest BCUT2D eigenvalue weighted by molar-refractivity contribution is 0.0921. The molecule has 0 saturated carbocycles. The van der Waals surface area contributed by atoms with Crippen LogP contribution in [0, 0.1) is 0 Å². The highest BCUT2D eigenvalue weighted by molar-refractivity contribution is 5.96. The fraction of sp³-hybridized carbons (Fsp3) is 0.458. The van der Waals surface area contributed by atoms with Gasteiger partial charge in [-0.1, -0.05) is 56.7 Å². The van der Waals surface area contributed by atoms with Crippen LogP contribution in [0.2, 0.25) is 0 Å². The molecule has 0 bridgehead atoms. The molecule has 1 atom stereocenters. The Morgan fingerprint density at radius 3 is 2.29 bits per heavy atom. The maximum atomic E-state index is 12.8. The van der Waals surface area contributed by atoms with E-state index in [9.17, 15) is 4.79 Å². The van der Waals surface area contributed by atoms with Crippen molar-refractivity contribution in [3.63, 3.8) is 0 Å². The van der Waals surface area contributed by atoms with Gasteiger partial charge < -0.3 is 10.1 Å². The minimum Gasteiger partial charge on any atom is -0.496 e. The lowest BCUT2D eigenvalue weighted by Gasteiger charge is -2.35. The van der Waals surface area contributed by atoms with Crippen LogP contribution >= 0.6 is 0 Å². The number of hydrogen-bond donors (Lipinski definition) is 1. The summed E-state index contributed by atoms with van der Waals surface area (Å²) in [7, 11) is 1.60. The molecule has 28 heavy (non-hydrogen) atoms. The van der Waals surface area contributed by atoms with E-state index in [-0.39, 0.29) is 11.9 Å². The molecule has 1 amide bonds. The van der Waals surface area contributed by atoms with E-state index in [0.29, 0.717) is 23.8 Å². The number of benzene rings is 2. The minimum absolute atomic E-state index is 0.0849. The molecule has 0 aromatic heterocycles. The predicted molar refractivity (Wildman–Crippen MR) is 114 cm³/mol. The van der Waals surface area contributed by atoms with Gasteiger partial charge in [0.15, 0.2) is 0 Å². The molecule has 1 heterocycles. The van der Waals surface area contributed by atoms with E-state index >= 15 is 0 Å². The highest BCUT2D eigenvalue weighted by Gasteiger charge is 2.23. The maximum absolute atomic E-state index is 12.8. The number of hydrogen-bond acceptors (Lipinski definition) is 3. The zero-order valence-corrected chi connectivity index (χ0v) is 17.3. The first-order valence-corrected chi connectivity index (χ1v) is 10.3. The molecule has 1 aliphatic rings. The molecule has 0 radical (unpaired) electrons. The number of carbonyl (C=O) groups excluding carboxylic acids is 1. The molecule has 150 valence electrons. The van der Waals surface area contributed by atoms with Crippen molar-refractivity contribution in [1.29, 1.82) is 0 Å². The van der Waals surface area contributed by atoms with Gasteiger partial charge in [0.2, 0.25) is 0 Å². The van der Waals surface area contributed by atoms with Gasteiger partial charge in [-0.15, -0.1) is 0 Å². The van der Waals surface area contributed by atoms with E-state index in [1.807, 2.05) is 24.3 Å². The summed E-state index contributed by atoms with van der Waals surface area (Å²) in [6, 6.07) is 16.5. The van der Waals surface area contributed by atoms with E-state index in [1.165, 1.54) is 30.4 Å². The van der Waals surface area contributed by atoms with Gasteiger partial charge >= 0.3 is 0 Å². The van der Waals surface area contributed by atoms with E-state index in [0.717, 1.165) is 13.1 Å². The summed E-state index contributed by atoms with van der Waals surface area (Å²) < 4.78 is 5.34. The highest BCUT2D eigenvalue weighted by atomic mass is 16.5. The van der Waals surface area contributed by atoms with Crippen molar-refractivity contribution in [2.75, 3.05) is 26.7 Å². The van der Waals surface area contributed by atoms with Crippen LogP contribution in [0.25, 0.3) is 0 Å². The summed E-state index contributed by atoms with van der Waals surface area (Å²) >= 11 is 0. The van der Waals surface area contributed by atoms with Crippen LogP contribution in [0.5, 0.6) is 5.75 Å². The quantitative estimate of drug-likeness (QED) is 0.752. The molecule has 4 nitrogen and oxygen atoms in total. The number of nitrogens with one attached hydrogen (secondary N) is 1. The van der Waals surface area contributed by atoms with Crippen molar-refractivity contribution < 1.29 is 9.53 Å². The first-order valence-electron chi connectivity index (χ1n) is 10.3. The van der Waals surface area contributed by atoms with Crippen LogP contribution in [0.15, 0.2) is 48.5 Å². The highest BCUT2D eigenvalue weighted by Crippen LogP contribution is 2.26. The van der Waals surface area contributed by atoms with Gasteiger partial charge in [-0.25, -0.2) is 0 Å². The summed E-state index contributed by atoms with van der Waals surface area (Å²) in [5.74, 6) is 1.04. The monoisotopic (exact) mass is 380 g/mol. The average Bonchev–Trinajstić information content (AvgIpc) is 2.74. The maximum Gasteiger partial charge on any atom is 0.255 e. The molecule has 0 aliphatic carbocycles. The summed E-state index contributed by atoms with van der Waals surface area (Å²) in [5.41, 5.74) is 3.20. The molecule has 0 spiro atoms. The Morgan fingerprint density at radius 2 is 1.64 bits per heavy atom. The van der Waals surface area contributed by atoms with Crippen LogP contribution in [-0.4, -0.2) is 37.6 Å². The van der Waals surface area contributed by atoms with Crippen LogP contribution in [0.1, 0.15) is 66.6 Å². The Morgan fingerprint density at radius 1 is 1.00 bits per heavy atom. The summed E-state index contributed by atoms with van der Waals surface area (Å²) in [6.45, 7) is 7.19. The molecule has 1 N–H and O–H groups in total. The summed E-state index contributed by atoms with van der Waals surface area (Å²) in [4.78, 5) is 15.3. The molecule has 1 unspecified atom stereocenters. The molecule has 2 aromatic rings. The van der Waals surface area contributed by atoms with Crippen LogP contribution in [-0.2, 0) is 0 Å². The van der Waals surface area contributed by atoms with Crippen molar-refractivity contribution in [3.05, 3.63) is 65.2 Å². The number of carbonyl (C=O) groups is 1. The fourth-order valence-electron chi connectivity index (χ4n) is 3.91. The van der Waals surface area contributed by atoms with Crippen LogP contribution in [0.4, 0.5) is 0 Å². The molecular weight excluding hydrogens is 348 g/mol. The van der Waals surface area contributed by atoms with Crippen molar-refractivity contribution in [2.45, 2.75) is 45.1 Å². The second kappa shape index (κ2) is 9.74. The van der Waals surface area contributed by atoms with Crippen molar-refractivity contribution >= 4 is 5.91 Å². The van der Waals surface area contributed by atoms with E-state index in [1.54, 1.807) is 7.11 Å². The second-order valence-corrected chi connectivity index (χ2v) is 7.84. The van der Waals surface area contributed by atoms with Crippen molar-refractivity contribution in [3.8, 4) is 5.75 Å². The van der Waals surface area contributed by atoms with E-state index in [4.69, 9.17) is 4.74 Å². The second-order valence-electron chi connectivity index (χ2n) is 7.84. The Bertz CT molecular complexity index is 764. The zero-order chi connectivity index (χ0) is 19.9. The van der Waals surface area contributed by atoms with Gasteiger partial charge in [0.05, 0.1) is 18.7 Å². The third-order valence-electron chi connectivity index (χ3n) is 5.63. The normalized spacial score (nSPS) is 16.0. The van der Waals surface area contributed by atoms with Crippen molar-refractivity contribution in [2.24, 2.45) is 0 Å². The third kappa shape index (κ3) is 4.93. The van der Waals surface area contributed by atoms with E-state index < -0.39 is 0 Å². The lowest BCUT2D eigenvalue weighted by atomic mass is 9.97. The van der Waals surface area contributed by atoms with Crippen LogP contribution in [0.3, 0.4) is 0 Å². The first kappa shape index (κ1) is 20.4. The standard InChI is InChI=1S/C24H32N2O2/c1-18(2)19-11-13-20(14-12-19)22(26-15-7-4-8-16-26)17-25-24(27)21-9-5-6-10-23(21)28-3/h5-6,9-14,18,22H,4,7-8,15-17H2,1-3H3,(H,25,27). The number of nitrogens with zero attached hydrogens (tertiary/aromatic N) is 1. The lowest BCUT2D eigenvalue weighted by Crippen LogP contribution is -2.40. The van der Waals surface area contributed by atoms with Gasteiger partial charge in [0.1, 0.15) is 5.75 Å². The number of para-hydroxylation sites is 1. The van der Waals surface area contributed by atoms with Crippen molar-refractivity contribution in [1.82, 2.24) is 10.2 Å². The van der Waals surface area contributed by atoms with Gasteiger partial charge in [0, 0.05) is 6.54 Å². The smallest absolute Gasteiger partial charge is 0.255 e. The number of amides is 1. The largest absolute Gasteiger partial charge is 0.496 e. The Kier molecular flexibility index (Phi) is 7.10. The Labute approximate surface area is 168 Å². The number of likely N-dealkylation sites (tertiary alicyclic amines) is 1. The Hall–Kier alpha value is -2.33. The van der Waals surface area contributed by atoms with Gasteiger partial charge in [0.25, 0.3) is 5.91 Å². The topological polar surface area (TPSA) is 41.6 Å². The van der Waals surface area contributed by atoms with Gasteiger partial charge in [-0.3, -0.25) is 9.69 Å². The molecule has 1 saturated heterocycles. The number of rotatable bonds is 7. The van der Waals surface area contributed by atoms with Gasteiger partial charge in [-0.05, 0) is 55.1 Å².